The van der Waals surface area contributed by atoms with Crippen LogP contribution in [0.3, 0.4) is 0 Å². The molecule has 2 aromatic heterocycles. The minimum absolute atomic E-state index is 0. The largest absolute Gasteiger partial charge is 0.441 e. The molecule has 0 bridgehead atoms. The Balaban J connectivity index is 0.00000231. The maximum Gasteiger partial charge on any atom is 0.257 e. The van der Waals surface area contributed by atoms with E-state index in [0.29, 0.717) is 31.3 Å². The highest BCUT2D eigenvalue weighted by atomic mass is 35.5. The van der Waals surface area contributed by atoms with Gasteiger partial charge in [-0.25, -0.2) is 9.37 Å². The molecule has 0 unspecified atom stereocenters. The summed E-state index contributed by atoms with van der Waals surface area (Å²) in [5.74, 6) is 0.881. The van der Waals surface area contributed by atoms with Crippen molar-refractivity contribution >= 4 is 18.3 Å². The number of amides is 1. The van der Waals surface area contributed by atoms with Gasteiger partial charge in [-0.05, 0) is 61.7 Å². The zero-order chi connectivity index (χ0) is 20.5. The molecule has 2 aliphatic rings. The molecule has 4 heterocycles. The Morgan fingerprint density at radius 1 is 1.23 bits per heavy atom. The van der Waals surface area contributed by atoms with Crippen molar-refractivity contribution in [1.82, 2.24) is 20.2 Å². The van der Waals surface area contributed by atoms with Gasteiger partial charge in [-0.1, -0.05) is 6.07 Å². The molecular weight excluding hydrogens is 419 g/mol. The predicted octanol–water partition coefficient (Wildman–Crippen LogP) is 3.96. The molecule has 1 fully saturated rings. The van der Waals surface area contributed by atoms with E-state index < -0.39 is 5.82 Å². The SMILES string of the molecule is Cl.O=C(c1cc(C2CCNCC2)ccc1F)N1CCc2oc(-c3cccnc3)nc2C1. The quantitative estimate of drug-likeness (QED) is 0.664. The predicted molar refractivity (Wildman–Crippen MR) is 117 cm³/mol. The van der Waals surface area contributed by atoms with Crippen LogP contribution in [0.2, 0.25) is 0 Å². The van der Waals surface area contributed by atoms with E-state index in [1.807, 2.05) is 18.2 Å². The first-order valence-corrected chi connectivity index (χ1v) is 10.4. The zero-order valence-electron chi connectivity index (χ0n) is 17.0. The van der Waals surface area contributed by atoms with Crippen LogP contribution in [0.4, 0.5) is 4.39 Å². The summed E-state index contributed by atoms with van der Waals surface area (Å²) >= 11 is 0. The molecule has 2 aliphatic heterocycles. The number of carbonyl (C=O) groups is 1. The number of aromatic nitrogens is 2. The number of fused-ring (bicyclic) bond motifs is 1. The highest BCUT2D eigenvalue weighted by Crippen LogP contribution is 2.29. The summed E-state index contributed by atoms with van der Waals surface area (Å²) in [5.41, 5.74) is 2.71. The van der Waals surface area contributed by atoms with Gasteiger partial charge in [0.25, 0.3) is 5.91 Å². The highest BCUT2D eigenvalue weighted by molar-refractivity contribution is 5.94. The lowest BCUT2D eigenvalue weighted by Gasteiger charge is -2.27. The molecule has 6 nitrogen and oxygen atoms in total. The summed E-state index contributed by atoms with van der Waals surface area (Å²) in [5, 5.41) is 3.34. The molecule has 0 atom stereocenters. The normalized spacial score (nSPS) is 16.5. The van der Waals surface area contributed by atoms with Gasteiger partial charge in [0, 0.05) is 25.4 Å². The first kappa shape index (κ1) is 21.5. The van der Waals surface area contributed by atoms with Crippen LogP contribution in [0, 0.1) is 5.82 Å². The molecule has 31 heavy (non-hydrogen) atoms. The summed E-state index contributed by atoms with van der Waals surface area (Å²) in [6.07, 6.45) is 5.95. The smallest absolute Gasteiger partial charge is 0.257 e. The van der Waals surface area contributed by atoms with Crippen LogP contribution >= 0.6 is 12.4 Å². The lowest BCUT2D eigenvalue weighted by Crippen LogP contribution is -2.36. The third-order valence-electron chi connectivity index (χ3n) is 5.95. The molecule has 1 aromatic carbocycles. The summed E-state index contributed by atoms with van der Waals surface area (Å²) in [4.78, 5) is 23.5. The van der Waals surface area contributed by atoms with Gasteiger partial charge in [0.05, 0.1) is 17.7 Å². The monoisotopic (exact) mass is 442 g/mol. The number of benzene rings is 1. The number of pyridine rings is 1. The standard InChI is InChI=1S/C23H23FN4O2.ClH/c24-19-4-3-16(15-5-9-25-10-6-15)12-18(19)23(29)28-11-7-21-20(14-28)27-22(30-21)17-2-1-8-26-13-17;/h1-4,8,12-13,15,25H,5-7,9-11,14H2;1H. The Morgan fingerprint density at radius 2 is 2.06 bits per heavy atom. The molecule has 8 heteroatoms. The van der Waals surface area contributed by atoms with E-state index in [1.165, 1.54) is 6.07 Å². The Morgan fingerprint density at radius 3 is 2.84 bits per heavy atom. The molecule has 0 aliphatic carbocycles. The average molecular weight is 443 g/mol. The minimum atomic E-state index is -0.473. The van der Waals surface area contributed by atoms with E-state index in [2.05, 4.69) is 15.3 Å². The van der Waals surface area contributed by atoms with Gasteiger partial charge in [-0.3, -0.25) is 9.78 Å². The summed E-state index contributed by atoms with van der Waals surface area (Å²) in [6.45, 7) is 2.69. The first-order valence-electron chi connectivity index (χ1n) is 10.4. The minimum Gasteiger partial charge on any atom is -0.441 e. The Kier molecular flexibility index (Phi) is 6.34. The van der Waals surface area contributed by atoms with Crippen molar-refractivity contribution in [1.29, 1.82) is 0 Å². The number of nitrogens with one attached hydrogen (secondary N) is 1. The van der Waals surface area contributed by atoms with E-state index in [1.54, 1.807) is 23.4 Å². The number of halogens is 2. The van der Waals surface area contributed by atoms with Crippen LogP contribution in [0.15, 0.2) is 47.1 Å². The summed E-state index contributed by atoms with van der Waals surface area (Å²) in [6, 6.07) is 8.69. The van der Waals surface area contributed by atoms with Crippen LogP contribution in [-0.2, 0) is 13.0 Å². The zero-order valence-corrected chi connectivity index (χ0v) is 17.8. The maximum atomic E-state index is 14.6. The molecular formula is C23H24ClFN4O2. The second-order valence-corrected chi connectivity index (χ2v) is 7.87. The van der Waals surface area contributed by atoms with Crippen molar-refractivity contribution in [2.24, 2.45) is 0 Å². The molecule has 0 radical (unpaired) electrons. The number of carbonyl (C=O) groups excluding carboxylic acids is 1. The third-order valence-corrected chi connectivity index (χ3v) is 5.95. The number of hydrogen-bond acceptors (Lipinski definition) is 5. The van der Waals surface area contributed by atoms with Gasteiger partial charge in [0.15, 0.2) is 0 Å². The van der Waals surface area contributed by atoms with Gasteiger partial charge in [0.2, 0.25) is 5.89 Å². The number of hydrogen-bond donors (Lipinski definition) is 1. The molecule has 0 spiro atoms. The van der Waals surface area contributed by atoms with E-state index in [9.17, 15) is 9.18 Å². The molecule has 162 valence electrons. The fraction of sp³-hybridized carbons (Fsp3) is 0.348. The molecule has 1 saturated heterocycles. The van der Waals surface area contributed by atoms with Crippen molar-refractivity contribution in [3.05, 3.63) is 71.1 Å². The second kappa shape index (κ2) is 9.16. The summed E-state index contributed by atoms with van der Waals surface area (Å²) < 4.78 is 20.4. The van der Waals surface area contributed by atoms with E-state index in [0.717, 1.165) is 48.5 Å². The third kappa shape index (κ3) is 4.34. The first-order chi connectivity index (χ1) is 14.7. The number of piperidine rings is 1. The topological polar surface area (TPSA) is 71.3 Å². The van der Waals surface area contributed by atoms with Crippen molar-refractivity contribution in [2.45, 2.75) is 31.7 Å². The fourth-order valence-corrected chi connectivity index (χ4v) is 4.27. The fourth-order valence-electron chi connectivity index (χ4n) is 4.27. The number of rotatable bonds is 3. The highest BCUT2D eigenvalue weighted by Gasteiger charge is 2.28. The van der Waals surface area contributed by atoms with E-state index in [-0.39, 0.29) is 23.9 Å². The summed E-state index contributed by atoms with van der Waals surface area (Å²) in [7, 11) is 0. The van der Waals surface area contributed by atoms with Gasteiger partial charge in [-0.2, -0.15) is 0 Å². The Hall–Kier alpha value is -2.77. The number of oxazole rings is 1. The van der Waals surface area contributed by atoms with Gasteiger partial charge >= 0.3 is 0 Å². The number of nitrogens with zero attached hydrogens (tertiary/aromatic N) is 3. The maximum absolute atomic E-state index is 14.6. The molecule has 1 N–H and O–H groups in total. The van der Waals surface area contributed by atoms with Crippen LogP contribution < -0.4 is 5.32 Å². The van der Waals surface area contributed by atoms with E-state index >= 15 is 0 Å². The molecule has 3 aromatic rings. The Bertz CT molecular complexity index is 1070. The van der Waals surface area contributed by atoms with E-state index in [4.69, 9.17) is 4.42 Å². The van der Waals surface area contributed by atoms with Crippen LogP contribution in [-0.4, -0.2) is 40.4 Å². The lowest BCUT2D eigenvalue weighted by atomic mass is 9.89. The molecule has 5 rings (SSSR count). The van der Waals surface area contributed by atoms with Crippen molar-refractivity contribution in [3.8, 4) is 11.5 Å². The van der Waals surface area contributed by atoms with Crippen molar-refractivity contribution in [2.75, 3.05) is 19.6 Å². The van der Waals surface area contributed by atoms with Crippen molar-refractivity contribution < 1.29 is 13.6 Å². The van der Waals surface area contributed by atoms with Gasteiger partial charge in [-0.15, -0.1) is 12.4 Å². The average Bonchev–Trinajstić information content (AvgIpc) is 3.24. The molecule has 1 amide bonds. The van der Waals surface area contributed by atoms with Crippen LogP contribution in [0.25, 0.3) is 11.5 Å². The van der Waals surface area contributed by atoms with Gasteiger partial charge < -0.3 is 14.6 Å². The Labute approximate surface area is 186 Å². The van der Waals surface area contributed by atoms with Crippen molar-refractivity contribution in [3.63, 3.8) is 0 Å². The lowest BCUT2D eigenvalue weighted by molar-refractivity contribution is 0.0723. The van der Waals surface area contributed by atoms with Gasteiger partial charge in [0.1, 0.15) is 17.3 Å². The second-order valence-electron chi connectivity index (χ2n) is 7.87. The van der Waals surface area contributed by atoms with Crippen LogP contribution in [0.1, 0.15) is 46.1 Å². The van der Waals surface area contributed by atoms with Crippen LogP contribution in [0.5, 0.6) is 0 Å². The molecule has 0 saturated carbocycles.